The first-order chi connectivity index (χ1) is 6.58. The number of hydrogen-bond acceptors (Lipinski definition) is 4. The largest absolute Gasteiger partial charge is 0.492 e. The fraction of sp³-hybridized carbons (Fsp3) is 0.444. The molecule has 0 saturated carbocycles. The van der Waals surface area contributed by atoms with Crippen LogP contribution in [-0.2, 0) is 0 Å². The Kier molecular flexibility index (Phi) is 4.21. The van der Waals surface area contributed by atoms with Crippen molar-refractivity contribution in [1.29, 1.82) is 0 Å². The standard InChI is InChI=1S/C9H15NO3Si/c11-14(12,13)7-3-6-10-8-9-4-1-2-5-9/h1-2,4-5,8-9,11-13H,3,6-7H2. The zero-order chi connectivity index (χ0) is 10.4. The van der Waals surface area contributed by atoms with Gasteiger partial charge in [0.05, 0.1) is 0 Å². The summed E-state index contributed by atoms with van der Waals surface area (Å²) in [5.41, 5.74) is 0. The molecule has 0 unspecified atom stereocenters. The van der Waals surface area contributed by atoms with Gasteiger partial charge in [0, 0.05) is 24.7 Å². The average molecular weight is 213 g/mol. The van der Waals surface area contributed by atoms with E-state index in [2.05, 4.69) is 4.99 Å². The van der Waals surface area contributed by atoms with E-state index in [9.17, 15) is 0 Å². The summed E-state index contributed by atoms with van der Waals surface area (Å²) < 4.78 is 0. The van der Waals surface area contributed by atoms with Crippen LogP contribution in [0, 0.1) is 5.92 Å². The molecule has 0 heterocycles. The van der Waals surface area contributed by atoms with E-state index in [0.717, 1.165) is 0 Å². The van der Waals surface area contributed by atoms with Gasteiger partial charge in [0.1, 0.15) is 0 Å². The molecule has 5 heteroatoms. The highest BCUT2D eigenvalue weighted by Gasteiger charge is 2.25. The minimum atomic E-state index is -3.84. The van der Waals surface area contributed by atoms with Crippen LogP contribution in [0.3, 0.4) is 0 Å². The first kappa shape index (κ1) is 11.3. The molecule has 0 aliphatic heterocycles. The zero-order valence-corrected chi connectivity index (χ0v) is 8.87. The highest BCUT2D eigenvalue weighted by molar-refractivity contribution is 6.56. The fourth-order valence-electron chi connectivity index (χ4n) is 1.15. The number of rotatable bonds is 5. The van der Waals surface area contributed by atoms with Crippen LogP contribution in [0.2, 0.25) is 6.04 Å². The Morgan fingerprint density at radius 1 is 1.21 bits per heavy atom. The van der Waals surface area contributed by atoms with Gasteiger partial charge in [-0.25, -0.2) is 0 Å². The molecule has 0 spiro atoms. The van der Waals surface area contributed by atoms with Gasteiger partial charge in [-0.2, -0.15) is 0 Å². The van der Waals surface area contributed by atoms with Gasteiger partial charge < -0.3 is 14.4 Å². The van der Waals surface area contributed by atoms with Crippen molar-refractivity contribution in [2.45, 2.75) is 12.5 Å². The van der Waals surface area contributed by atoms with Crippen molar-refractivity contribution in [1.82, 2.24) is 0 Å². The molecular formula is C9H15NO3Si. The molecule has 1 aliphatic rings. The summed E-state index contributed by atoms with van der Waals surface area (Å²) in [6, 6.07) is 0.0562. The van der Waals surface area contributed by atoms with E-state index in [-0.39, 0.29) is 12.0 Å². The maximum Gasteiger partial charge on any atom is 0.492 e. The molecule has 0 amide bonds. The van der Waals surface area contributed by atoms with Gasteiger partial charge in [0.25, 0.3) is 0 Å². The Balaban J connectivity index is 2.09. The van der Waals surface area contributed by atoms with Crippen molar-refractivity contribution in [3.63, 3.8) is 0 Å². The zero-order valence-electron chi connectivity index (χ0n) is 7.87. The molecule has 0 saturated heterocycles. The Morgan fingerprint density at radius 3 is 2.43 bits per heavy atom. The van der Waals surface area contributed by atoms with Crippen molar-refractivity contribution < 1.29 is 14.4 Å². The minimum Gasteiger partial charge on any atom is -0.390 e. The fourth-order valence-corrected chi connectivity index (χ4v) is 1.78. The molecule has 0 aromatic heterocycles. The van der Waals surface area contributed by atoms with Crippen LogP contribution in [0.15, 0.2) is 29.3 Å². The number of allylic oxidation sites excluding steroid dienone is 4. The van der Waals surface area contributed by atoms with Crippen LogP contribution in [-0.4, -0.2) is 36.0 Å². The quantitative estimate of drug-likeness (QED) is 0.345. The van der Waals surface area contributed by atoms with Gasteiger partial charge in [-0.05, 0) is 6.42 Å². The average Bonchev–Trinajstić information content (AvgIpc) is 2.54. The summed E-state index contributed by atoms with van der Waals surface area (Å²) in [7, 11) is -3.84. The van der Waals surface area contributed by atoms with Gasteiger partial charge >= 0.3 is 8.80 Å². The molecule has 1 rings (SSSR count). The van der Waals surface area contributed by atoms with Crippen LogP contribution >= 0.6 is 0 Å². The normalized spacial score (nSPS) is 17.4. The van der Waals surface area contributed by atoms with Crippen LogP contribution in [0.5, 0.6) is 0 Å². The monoisotopic (exact) mass is 213 g/mol. The first-order valence-electron chi connectivity index (χ1n) is 4.60. The van der Waals surface area contributed by atoms with E-state index in [1.807, 2.05) is 30.5 Å². The Labute approximate surface area is 84.3 Å². The van der Waals surface area contributed by atoms with Crippen LogP contribution in [0.1, 0.15) is 6.42 Å². The molecule has 0 bridgehead atoms. The molecule has 4 nitrogen and oxygen atoms in total. The lowest BCUT2D eigenvalue weighted by molar-refractivity contribution is 0.227. The Bertz CT molecular complexity index is 243. The second-order valence-corrected chi connectivity index (χ2v) is 5.33. The maximum absolute atomic E-state index is 8.70. The van der Waals surface area contributed by atoms with Crippen LogP contribution in [0.25, 0.3) is 0 Å². The molecule has 0 aromatic carbocycles. The van der Waals surface area contributed by atoms with Gasteiger partial charge in [-0.3, -0.25) is 4.99 Å². The highest BCUT2D eigenvalue weighted by Crippen LogP contribution is 2.06. The second kappa shape index (κ2) is 5.21. The first-order valence-corrected chi connectivity index (χ1v) is 6.65. The van der Waals surface area contributed by atoms with Gasteiger partial charge in [-0.15, -0.1) is 0 Å². The van der Waals surface area contributed by atoms with E-state index in [4.69, 9.17) is 14.4 Å². The lowest BCUT2D eigenvalue weighted by Crippen LogP contribution is -2.34. The topological polar surface area (TPSA) is 73.0 Å². The molecular weight excluding hydrogens is 198 g/mol. The predicted octanol–water partition coefficient (Wildman–Crippen LogP) is 0.105. The molecule has 0 atom stereocenters. The van der Waals surface area contributed by atoms with Crippen molar-refractivity contribution in [3.8, 4) is 0 Å². The van der Waals surface area contributed by atoms with Crippen LogP contribution in [0.4, 0.5) is 0 Å². The molecule has 0 fully saturated rings. The van der Waals surface area contributed by atoms with E-state index in [1.165, 1.54) is 0 Å². The third kappa shape index (κ3) is 5.08. The number of nitrogens with zero attached hydrogens (tertiary/aromatic N) is 1. The minimum absolute atomic E-state index is 0.0562. The molecule has 0 radical (unpaired) electrons. The maximum atomic E-state index is 8.70. The lowest BCUT2D eigenvalue weighted by Gasteiger charge is -2.06. The predicted molar refractivity (Wildman–Crippen MR) is 57.0 cm³/mol. The van der Waals surface area contributed by atoms with Gasteiger partial charge in [0.2, 0.25) is 0 Å². The number of aliphatic imine (C=N–C) groups is 1. The Morgan fingerprint density at radius 2 is 1.86 bits per heavy atom. The highest BCUT2D eigenvalue weighted by atomic mass is 28.4. The lowest BCUT2D eigenvalue weighted by atomic mass is 10.2. The van der Waals surface area contributed by atoms with Crippen molar-refractivity contribution in [3.05, 3.63) is 24.3 Å². The van der Waals surface area contributed by atoms with Gasteiger partial charge in [0.15, 0.2) is 0 Å². The Hall–Kier alpha value is -0.753. The summed E-state index contributed by atoms with van der Waals surface area (Å²) in [5, 5.41) is 0. The SMILES string of the molecule is O[Si](O)(O)CCCN=CC1C=CC=C1. The second-order valence-electron chi connectivity index (χ2n) is 3.28. The van der Waals surface area contributed by atoms with Crippen molar-refractivity contribution >= 4 is 15.0 Å². The van der Waals surface area contributed by atoms with Gasteiger partial charge in [-0.1, -0.05) is 24.3 Å². The van der Waals surface area contributed by atoms with Crippen LogP contribution < -0.4 is 0 Å². The van der Waals surface area contributed by atoms with E-state index < -0.39 is 8.80 Å². The third-order valence-corrected chi connectivity index (χ3v) is 2.88. The third-order valence-electron chi connectivity index (χ3n) is 1.85. The van der Waals surface area contributed by atoms with E-state index in [0.29, 0.717) is 13.0 Å². The summed E-state index contributed by atoms with van der Waals surface area (Å²) >= 11 is 0. The molecule has 14 heavy (non-hydrogen) atoms. The summed E-state index contributed by atoms with van der Waals surface area (Å²) in [5.74, 6) is 0.273. The smallest absolute Gasteiger partial charge is 0.390 e. The molecule has 3 N–H and O–H groups in total. The van der Waals surface area contributed by atoms with E-state index in [1.54, 1.807) is 0 Å². The van der Waals surface area contributed by atoms with Crippen molar-refractivity contribution in [2.24, 2.45) is 10.9 Å². The number of hydrogen-bond donors (Lipinski definition) is 3. The molecule has 78 valence electrons. The summed E-state index contributed by atoms with van der Waals surface area (Å²) in [4.78, 5) is 30.2. The van der Waals surface area contributed by atoms with E-state index >= 15 is 0 Å². The van der Waals surface area contributed by atoms with Crippen molar-refractivity contribution in [2.75, 3.05) is 6.54 Å². The summed E-state index contributed by atoms with van der Waals surface area (Å²) in [6.45, 7) is 0.522. The summed E-state index contributed by atoms with van der Waals surface area (Å²) in [6.07, 6.45) is 10.3. The molecule has 1 aliphatic carbocycles. The molecule has 0 aromatic rings.